The maximum absolute atomic E-state index is 12.9. The number of aromatic nitrogens is 1. The van der Waals surface area contributed by atoms with Crippen LogP contribution >= 0.6 is 0 Å². The van der Waals surface area contributed by atoms with Crippen LogP contribution in [0.1, 0.15) is 13.3 Å². The van der Waals surface area contributed by atoms with Crippen molar-refractivity contribution in [3.63, 3.8) is 0 Å². The van der Waals surface area contributed by atoms with Gasteiger partial charge in [-0.05, 0) is 24.6 Å². The number of rotatable bonds is 4. The predicted molar refractivity (Wildman–Crippen MR) is 67.1 cm³/mol. The van der Waals surface area contributed by atoms with Gasteiger partial charge in [-0.2, -0.15) is 0 Å². The van der Waals surface area contributed by atoms with E-state index in [1.165, 1.54) is 12.1 Å². The summed E-state index contributed by atoms with van der Waals surface area (Å²) in [7, 11) is 0. The van der Waals surface area contributed by atoms with Crippen molar-refractivity contribution in [2.45, 2.75) is 13.3 Å². The molecule has 0 aliphatic carbocycles. The third kappa shape index (κ3) is 2.77. The third-order valence-corrected chi connectivity index (χ3v) is 2.46. The molecule has 0 radical (unpaired) electrons. The van der Waals surface area contributed by atoms with Gasteiger partial charge in [0.2, 0.25) is 0 Å². The molecule has 1 aromatic carbocycles. The summed E-state index contributed by atoms with van der Waals surface area (Å²) in [6.45, 7) is 2.63. The van der Waals surface area contributed by atoms with Gasteiger partial charge < -0.3 is 9.84 Å². The third-order valence-electron chi connectivity index (χ3n) is 2.46. The van der Waals surface area contributed by atoms with Crippen LogP contribution in [0.15, 0.2) is 36.7 Å². The number of phenolic OH excluding ortho intramolecular Hbond substituents is 1. The summed E-state index contributed by atoms with van der Waals surface area (Å²) in [4.78, 5) is 4.05. The second-order valence-corrected chi connectivity index (χ2v) is 3.92. The van der Waals surface area contributed by atoms with Crippen molar-refractivity contribution in [2.75, 3.05) is 6.61 Å². The minimum atomic E-state index is -0.470. The highest BCUT2D eigenvalue weighted by atomic mass is 19.1. The molecule has 0 saturated heterocycles. The predicted octanol–water partition coefficient (Wildman–Crippen LogP) is 3.38. The van der Waals surface area contributed by atoms with Crippen molar-refractivity contribution in [1.82, 2.24) is 4.98 Å². The highest BCUT2D eigenvalue weighted by Gasteiger charge is 2.07. The number of pyridine rings is 1. The minimum absolute atomic E-state index is 0.107. The van der Waals surface area contributed by atoms with Crippen LogP contribution in [-0.4, -0.2) is 16.7 Å². The number of halogens is 1. The molecule has 1 N–H and O–H groups in total. The number of phenols is 1. The van der Waals surface area contributed by atoms with Gasteiger partial charge in [0.25, 0.3) is 0 Å². The van der Waals surface area contributed by atoms with Crippen molar-refractivity contribution in [3.05, 3.63) is 42.5 Å². The van der Waals surface area contributed by atoms with Crippen molar-refractivity contribution >= 4 is 0 Å². The maximum atomic E-state index is 12.9. The number of hydrogen-bond acceptors (Lipinski definition) is 3. The highest BCUT2D eigenvalue weighted by molar-refractivity contribution is 5.70. The molecular formula is C14H14FNO2. The lowest BCUT2D eigenvalue weighted by Crippen LogP contribution is -1.95. The van der Waals surface area contributed by atoms with E-state index in [0.29, 0.717) is 23.5 Å². The number of aromatic hydroxyl groups is 1. The van der Waals surface area contributed by atoms with Crippen molar-refractivity contribution in [1.29, 1.82) is 0 Å². The number of ether oxygens (including phenoxy) is 1. The SMILES string of the molecule is CCCOc1cncc(-c2ccc(F)cc2O)c1. The van der Waals surface area contributed by atoms with Crippen LogP contribution in [0.25, 0.3) is 11.1 Å². The molecule has 3 nitrogen and oxygen atoms in total. The summed E-state index contributed by atoms with van der Waals surface area (Å²) >= 11 is 0. The van der Waals surface area contributed by atoms with Crippen molar-refractivity contribution in [2.24, 2.45) is 0 Å². The number of nitrogens with zero attached hydrogens (tertiary/aromatic N) is 1. The Morgan fingerprint density at radius 3 is 2.83 bits per heavy atom. The van der Waals surface area contributed by atoms with Crippen LogP contribution in [0.2, 0.25) is 0 Å². The van der Waals surface area contributed by atoms with E-state index in [0.717, 1.165) is 12.5 Å². The Morgan fingerprint density at radius 1 is 1.28 bits per heavy atom. The van der Waals surface area contributed by atoms with Gasteiger partial charge in [-0.25, -0.2) is 4.39 Å². The molecule has 0 amide bonds. The lowest BCUT2D eigenvalue weighted by atomic mass is 10.1. The molecule has 4 heteroatoms. The summed E-state index contributed by atoms with van der Waals surface area (Å²) in [5.41, 5.74) is 1.23. The molecule has 0 saturated carbocycles. The highest BCUT2D eigenvalue weighted by Crippen LogP contribution is 2.30. The quantitative estimate of drug-likeness (QED) is 0.900. The van der Waals surface area contributed by atoms with Gasteiger partial charge in [0, 0.05) is 23.4 Å². The van der Waals surface area contributed by atoms with Crippen LogP contribution in [0, 0.1) is 5.82 Å². The zero-order valence-corrected chi connectivity index (χ0v) is 10.1. The van der Waals surface area contributed by atoms with E-state index in [2.05, 4.69) is 4.98 Å². The molecule has 2 aromatic rings. The molecule has 0 atom stereocenters. The van der Waals surface area contributed by atoms with Crippen LogP contribution in [-0.2, 0) is 0 Å². The second-order valence-electron chi connectivity index (χ2n) is 3.92. The van der Waals surface area contributed by atoms with E-state index >= 15 is 0 Å². The van der Waals surface area contributed by atoms with Crippen LogP contribution in [0.3, 0.4) is 0 Å². The average molecular weight is 247 g/mol. The van der Waals surface area contributed by atoms with Crippen LogP contribution in [0.4, 0.5) is 4.39 Å². The monoisotopic (exact) mass is 247 g/mol. The summed E-state index contributed by atoms with van der Waals surface area (Å²) < 4.78 is 18.4. The van der Waals surface area contributed by atoms with Gasteiger partial charge in [0.15, 0.2) is 0 Å². The topological polar surface area (TPSA) is 42.4 Å². The summed E-state index contributed by atoms with van der Waals surface area (Å²) in [6, 6.07) is 5.67. The largest absolute Gasteiger partial charge is 0.507 e. The standard InChI is InChI=1S/C14H14FNO2/c1-2-5-18-12-6-10(8-16-9-12)13-4-3-11(15)7-14(13)17/h3-4,6-9,17H,2,5H2,1H3. The smallest absolute Gasteiger partial charge is 0.138 e. The molecule has 0 aliphatic rings. The number of benzene rings is 1. The minimum Gasteiger partial charge on any atom is -0.507 e. The summed E-state index contributed by atoms with van der Waals surface area (Å²) in [5.74, 6) is 0.0603. The van der Waals surface area contributed by atoms with Crippen molar-refractivity contribution in [3.8, 4) is 22.6 Å². The lowest BCUT2D eigenvalue weighted by Gasteiger charge is -2.08. The van der Waals surface area contributed by atoms with Crippen LogP contribution < -0.4 is 4.74 Å². The molecule has 0 unspecified atom stereocenters. The number of hydrogen-bond donors (Lipinski definition) is 1. The molecular weight excluding hydrogens is 233 g/mol. The summed E-state index contributed by atoms with van der Waals surface area (Å²) in [5, 5.41) is 9.70. The molecule has 1 heterocycles. The van der Waals surface area contributed by atoms with E-state index in [9.17, 15) is 9.50 Å². The molecule has 0 aliphatic heterocycles. The molecule has 18 heavy (non-hydrogen) atoms. The van der Waals surface area contributed by atoms with E-state index in [-0.39, 0.29) is 5.75 Å². The Labute approximate surface area is 105 Å². The van der Waals surface area contributed by atoms with Gasteiger partial charge in [-0.15, -0.1) is 0 Å². The van der Waals surface area contributed by atoms with E-state index in [4.69, 9.17) is 4.74 Å². The molecule has 1 aromatic heterocycles. The zero-order valence-electron chi connectivity index (χ0n) is 10.1. The maximum Gasteiger partial charge on any atom is 0.138 e. The Hall–Kier alpha value is -2.10. The van der Waals surface area contributed by atoms with E-state index in [1.807, 2.05) is 6.92 Å². The first-order chi connectivity index (χ1) is 8.70. The Balaban J connectivity index is 2.32. The molecule has 0 fully saturated rings. The first-order valence-corrected chi connectivity index (χ1v) is 5.77. The zero-order chi connectivity index (χ0) is 13.0. The van der Waals surface area contributed by atoms with Gasteiger partial charge in [-0.1, -0.05) is 6.92 Å². The Kier molecular flexibility index (Phi) is 3.77. The average Bonchev–Trinajstić information content (AvgIpc) is 2.36. The molecule has 94 valence electrons. The lowest BCUT2D eigenvalue weighted by molar-refractivity contribution is 0.316. The fraction of sp³-hybridized carbons (Fsp3) is 0.214. The molecule has 2 rings (SSSR count). The van der Waals surface area contributed by atoms with Crippen molar-refractivity contribution < 1.29 is 14.2 Å². The van der Waals surface area contributed by atoms with Gasteiger partial charge >= 0.3 is 0 Å². The fourth-order valence-corrected chi connectivity index (χ4v) is 1.61. The molecule has 0 bridgehead atoms. The van der Waals surface area contributed by atoms with Gasteiger partial charge in [0.05, 0.1) is 12.8 Å². The van der Waals surface area contributed by atoms with E-state index in [1.54, 1.807) is 18.5 Å². The van der Waals surface area contributed by atoms with Crippen LogP contribution in [0.5, 0.6) is 11.5 Å². The Morgan fingerprint density at radius 2 is 2.11 bits per heavy atom. The fourth-order valence-electron chi connectivity index (χ4n) is 1.61. The first kappa shape index (κ1) is 12.4. The van der Waals surface area contributed by atoms with E-state index < -0.39 is 5.82 Å². The normalized spacial score (nSPS) is 10.3. The second kappa shape index (κ2) is 5.49. The van der Waals surface area contributed by atoms with Gasteiger partial charge in [-0.3, -0.25) is 4.98 Å². The van der Waals surface area contributed by atoms with Gasteiger partial charge in [0.1, 0.15) is 17.3 Å². The first-order valence-electron chi connectivity index (χ1n) is 5.77. The summed E-state index contributed by atoms with van der Waals surface area (Å²) in [6.07, 6.45) is 4.12. The molecule has 0 spiro atoms. The Bertz CT molecular complexity index is 543.